The molecule has 0 fully saturated rings. The van der Waals surface area contributed by atoms with E-state index in [1.54, 1.807) is 0 Å². The van der Waals surface area contributed by atoms with Crippen LogP contribution in [0.2, 0.25) is 0 Å². The summed E-state index contributed by atoms with van der Waals surface area (Å²) in [6.07, 6.45) is 0. The molecule has 0 radical (unpaired) electrons. The second-order valence-corrected chi connectivity index (χ2v) is 0.575. The van der Waals surface area contributed by atoms with E-state index in [2.05, 4.69) is 0 Å². The van der Waals surface area contributed by atoms with Crippen LogP contribution < -0.4 is 10.2 Å². The molecule has 0 aliphatic heterocycles. The van der Waals surface area contributed by atoms with Gasteiger partial charge in [0.25, 0.3) is 0 Å². The van der Waals surface area contributed by atoms with Crippen molar-refractivity contribution in [1.82, 2.24) is 0 Å². The Morgan fingerprint density at radius 3 is 1.14 bits per heavy atom. The van der Waals surface area contributed by atoms with E-state index in [4.69, 9.17) is 19.8 Å². The number of carbonyl (C=O) groups is 2. The Labute approximate surface area is 43.0 Å². The van der Waals surface area contributed by atoms with Crippen LogP contribution in [0.1, 0.15) is 0 Å². The van der Waals surface area contributed by atoms with Crippen LogP contribution in [-0.4, -0.2) is 22.1 Å². The number of carbonyl (C=O) groups excluding carboxylic acids is 2. The summed E-state index contributed by atoms with van der Waals surface area (Å²) in [7, 11) is 0. The largest absolute Gasteiger partial charge is 2.00 e. The van der Waals surface area contributed by atoms with Crippen molar-refractivity contribution in [3.05, 3.63) is 0 Å². The quantitative estimate of drug-likeness (QED) is 0.228. The van der Waals surface area contributed by atoms with E-state index >= 15 is 0 Å². The molecule has 0 bridgehead atoms. The Morgan fingerprint density at radius 2 is 1.14 bits per heavy atom. The Kier molecular flexibility index (Phi) is 4.46. The van der Waals surface area contributed by atoms with Crippen molar-refractivity contribution in [3.63, 3.8) is 0 Å². The van der Waals surface area contributed by atoms with Crippen LogP contribution in [0.25, 0.3) is 0 Å². The van der Waals surface area contributed by atoms with Gasteiger partial charge in [0.2, 0.25) is 0 Å². The average molecular weight is 97.0 g/mol. The zero-order chi connectivity index (χ0) is 5.15. The van der Waals surface area contributed by atoms with Crippen LogP contribution in [0.5, 0.6) is 0 Å². The summed E-state index contributed by atoms with van der Waals surface area (Å²) in [6, 6.07) is 0. The first-order valence-corrected chi connectivity index (χ1v) is 1.07. The molecular formula is C2BeO4. The molecule has 0 heterocycles. The Bertz CT molecular complexity index is 75.7. The maximum absolute atomic E-state index is 8.93. The Hall–Kier alpha value is -0.891. The van der Waals surface area contributed by atoms with E-state index in [0.29, 0.717) is 0 Å². The van der Waals surface area contributed by atoms with Gasteiger partial charge < -0.3 is 19.8 Å². The summed E-state index contributed by atoms with van der Waals surface area (Å²) in [6.45, 7) is 0. The van der Waals surface area contributed by atoms with Gasteiger partial charge in [0.1, 0.15) is 0 Å². The number of hydrogen-bond donors (Lipinski definition) is 0. The normalized spacial score (nSPS) is 6.29. The second-order valence-electron chi connectivity index (χ2n) is 0.575. The van der Waals surface area contributed by atoms with Crippen LogP contribution in [0.3, 0.4) is 0 Å². The van der Waals surface area contributed by atoms with Gasteiger partial charge in [-0.1, -0.05) is 0 Å². The monoisotopic (exact) mass is 97.0 g/mol. The van der Waals surface area contributed by atoms with Crippen molar-refractivity contribution < 1.29 is 19.8 Å². The Morgan fingerprint density at radius 1 is 1.00 bits per heavy atom. The molecule has 4 nitrogen and oxygen atoms in total. The van der Waals surface area contributed by atoms with Crippen LogP contribution in [0.15, 0.2) is 0 Å². The molecule has 0 rings (SSSR count). The molecule has 0 saturated heterocycles. The van der Waals surface area contributed by atoms with Crippen molar-refractivity contribution in [1.29, 1.82) is 0 Å². The van der Waals surface area contributed by atoms with Gasteiger partial charge in [-0.2, -0.15) is 0 Å². The maximum Gasteiger partial charge on any atom is 2.00 e. The minimum atomic E-state index is -2.19. The standard InChI is InChI=1S/C2H2O4.Be/c3-1(4)2(5)6;/h(H,3,4)(H,5,6);/q;+2/p-2. The number of carboxylic acids is 2. The first-order valence-electron chi connectivity index (χ1n) is 1.07. The number of carboxylic acid groups (broad SMARTS) is 2. The minimum absolute atomic E-state index is 0. The van der Waals surface area contributed by atoms with E-state index in [9.17, 15) is 0 Å². The zero-order valence-corrected chi connectivity index (χ0v) is 3.34. The van der Waals surface area contributed by atoms with Gasteiger partial charge in [-0.05, 0) is 0 Å². The predicted octanol–water partition coefficient (Wildman–Crippen LogP) is -3.89. The van der Waals surface area contributed by atoms with Gasteiger partial charge in [0.05, 0.1) is 11.9 Å². The fraction of sp³-hybridized carbons (Fsp3) is 0. The molecule has 5 heteroatoms. The van der Waals surface area contributed by atoms with Crippen molar-refractivity contribution in [2.75, 3.05) is 0 Å². The van der Waals surface area contributed by atoms with Crippen LogP contribution in [-0.2, 0) is 9.59 Å². The first-order chi connectivity index (χ1) is 2.64. The third kappa shape index (κ3) is 5.11. The summed E-state index contributed by atoms with van der Waals surface area (Å²) >= 11 is 0. The van der Waals surface area contributed by atoms with Gasteiger partial charge in [0, 0.05) is 0 Å². The molecule has 0 aromatic heterocycles. The number of aliphatic carboxylic acids is 2. The third-order valence-electron chi connectivity index (χ3n) is 0.167. The van der Waals surface area contributed by atoms with Crippen molar-refractivity contribution in [2.45, 2.75) is 0 Å². The van der Waals surface area contributed by atoms with Crippen molar-refractivity contribution in [2.24, 2.45) is 0 Å². The van der Waals surface area contributed by atoms with Gasteiger partial charge in [-0.15, -0.1) is 0 Å². The fourth-order valence-electron chi connectivity index (χ4n) is 0. The fourth-order valence-corrected chi connectivity index (χ4v) is 0. The Balaban J connectivity index is 0. The van der Waals surface area contributed by atoms with Crippen LogP contribution in [0, 0.1) is 0 Å². The molecule has 0 aliphatic carbocycles. The zero-order valence-electron chi connectivity index (χ0n) is 3.34. The first kappa shape index (κ1) is 9.44. The molecule has 0 aromatic rings. The van der Waals surface area contributed by atoms with Gasteiger partial charge in [0.15, 0.2) is 0 Å². The van der Waals surface area contributed by atoms with E-state index in [1.165, 1.54) is 0 Å². The second kappa shape index (κ2) is 3.30. The summed E-state index contributed by atoms with van der Waals surface area (Å²) in [5.74, 6) is -4.37. The molecule has 0 N–H and O–H groups in total. The topological polar surface area (TPSA) is 80.3 Å². The predicted molar refractivity (Wildman–Crippen MR) is 15.8 cm³/mol. The molecule has 0 aliphatic rings. The van der Waals surface area contributed by atoms with Gasteiger partial charge >= 0.3 is 10.1 Å². The number of hydrogen-bond acceptors (Lipinski definition) is 4. The summed E-state index contributed by atoms with van der Waals surface area (Å²) < 4.78 is 0. The summed E-state index contributed by atoms with van der Waals surface area (Å²) in [4.78, 5) is 17.9. The summed E-state index contributed by atoms with van der Waals surface area (Å²) in [5.41, 5.74) is 0. The van der Waals surface area contributed by atoms with Gasteiger partial charge in [-0.25, -0.2) is 0 Å². The molecule has 7 heavy (non-hydrogen) atoms. The van der Waals surface area contributed by atoms with Crippen molar-refractivity contribution >= 4 is 22.1 Å². The molecular weight excluding hydrogens is 97.0 g/mol. The van der Waals surface area contributed by atoms with E-state index < -0.39 is 11.9 Å². The van der Waals surface area contributed by atoms with Crippen LogP contribution in [0.4, 0.5) is 0 Å². The smallest absolute Gasteiger partial charge is 0.543 e. The van der Waals surface area contributed by atoms with Gasteiger partial charge in [-0.3, -0.25) is 0 Å². The molecule has 0 aromatic carbocycles. The average Bonchev–Trinajstić information content (AvgIpc) is 1.36. The van der Waals surface area contributed by atoms with E-state index in [-0.39, 0.29) is 10.1 Å². The molecule has 0 amide bonds. The molecule has 0 spiro atoms. The maximum atomic E-state index is 8.93. The molecule has 34 valence electrons. The van der Waals surface area contributed by atoms with E-state index in [1.807, 2.05) is 0 Å². The number of rotatable bonds is 0. The molecule has 0 unspecified atom stereocenters. The molecule has 0 saturated carbocycles. The third-order valence-corrected chi connectivity index (χ3v) is 0.167. The van der Waals surface area contributed by atoms with Crippen LogP contribution >= 0.6 is 0 Å². The van der Waals surface area contributed by atoms with Crippen molar-refractivity contribution in [3.8, 4) is 0 Å². The summed E-state index contributed by atoms with van der Waals surface area (Å²) in [5, 5.41) is 17.9. The minimum Gasteiger partial charge on any atom is -0.543 e. The molecule has 0 atom stereocenters. The SMILES string of the molecule is O=C([O-])C(=O)[O-].[Be+2]. The van der Waals surface area contributed by atoms with E-state index in [0.717, 1.165) is 0 Å².